The fourth-order valence-electron chi connectivity index (χ4n) is 3.28. The van der Waals surface area contributed by atoms with Crippen LogP contribution in [0.1, 0.15) is 42.1 Å². The Balaban J connectivity index is 1.44. The minimum atomic E-state index is -0.368. The number of oxazole rings is 1. The van der Waals surface area contributed by atoms with Crippen molar-refractivity contribution in [1.29, 1.82) is 0 Å². The number of carbonyl (C=O) groups excluding carboxylic acids is 1. The number of thiocarbonyl (C=S) groups is 1. The molecule has 0 bridgehead atoms. The summed E-state index contributed by atoms with van der Waals surface area (Å²) in [7, 11) is 0. The Hall–Kier alpha value is -3.22. The van der Waals surface area contributed by atoms with Gasteiger partial charge in [0.2, 0.25) is 5.89 Å². The van der Waals surface area contributed by atoms with Gasteiger partial charge in [-0.2, -0.15) is 0 Å². The number of hydrogen-bond donors (Lipinski definition) is 2. The van der Waals surface area contributed by atoms with Crippen LogP contribution < -0.4 is 10.6 Å². The number of nitrogens with zero attached hydrogens (tertiary/aromatic N) is 1. The third-order valence-electron chi connectivity index (χ3n) is 5.33. The second kappa shape index (κ2) is 9.51. The number of rotatable bonds is 5. The van der Waals surface area contributed by atoms with Gasteiger partial charge in [0.25, 0.3) is 5.91 Å². The van der Waals surface area contributed by atoms with Crippen LogP contribution >= 0.6 is 23.8 Å². The zero-order valence-electron chi connectivity index (χ0n) is 17.7. The van der Waals surface area contributed by atoms with Crippen LogP contribution in [0.2, 0.25) is 5.02 Å². The quantitative estimate of drug-likeness (QED) is 0.319. The van der Waals surface area contributed by atoms with E-state index in [1.165, 1.54) is 5.56 Å². The van der Waals surface area contributed by atoms with E-state index in [0.717, 1.165) is 28.8 Å². The molecule has 0 unspecified atom stereocenters. The molecule has 1 atom stereocenters. The molecule has 2 N–H and O–H groups in total. The van der Waals surface area contributed by atoms with E-state index in [4.69, 9.17) is 28.2 Å². The Morgan fingerprint density at radius 3 is 2.59 bits per heavy atom. The maximum absolute atomic E-state index is 12.3. The Morgan fingerprint density at radius 1 is 1.12 bits per heavy atom. The lowest BCUT2D eigenvalue weighted by atomic mass is 9.98. The highest BCUT2D eigenvalue weighted by molar-refractivity contribution is 7.80. The van der Waals surface area contributed by atoms with Crippen LogP contribution in [0.3, 0.4) is 0 Å². The minimum Gasteiger partial charge on any atom is -0.436 e. The smallest absolute Gasteiger partial charge is 0.258 e. The van der Waals surface area contributed by atoms with Gasteiger partial charge in [0.05, 0.1) is 10.6 Å². The summed E-state index contributed by atoms with van der Waals surface area (Å²) in [4.78, 5) is 17.0. The first kappa shape index (κ1) is 22.0. The Labute approximate surface area is 196 Å². The van der Waals surface area contributed by atoms with Crippen LogP contribution in [0.4, 0.5) is 5.69 Å². The lowest BCUT2D eigenvalue weighted by Crippen LogP contribution is -2.34. The highest BCUT2D eigenvalue weighted by Gasteiger charge is 2.13. The van der Waals surface area contributed by atoms with E-state index >= 15 is 0 Å². The van der Waals surface area contributed by atoms with Crippen molar-refractivity contribution in [3.05, 3.63) is 82.9 Å². The number of anilines is 1. The van der Waals surface area contributed by atoms with Crippen LogP contribution in [-0.4, -0.2) is 16.0 Å². The van der Waals surface area contributed by atoms with E-state index in [1.807, 2.05) is 30.3 Å². The number of halogens is 1. The van der Waals surface area contributed by atoms with Gasteiger partial charge < -0.3 is 9.73 Å². The van der Waals surface area contributed by atoms with Crippen molar-refractivity contribution in [3.8, 4) is 11.5 Å². The van der Waals surface area contributed by atoms with Gasteiger partial charge in [0.15, 0.2) is 10.7 Å². The summed E-state index contributed by atoms with van der Waals surface area (Å²) >= 11 is 11.3. The molecule has 4 aromatic rings. The van der Waals surface area contributed by atoms with Gasteiger partial charge >= 0.3 is 0 Å². The molecular weight excluding hydrogens is 442 g/mol. The molecule has 1 heterocycles. The summed E-state index contributed by atoms with van der Waals surface area (Å²) < 4.78 is 5.93. The first-order chi connectivity index (χ1) is 15.4. The second-order valence-corrected chi connectivity index (χ2v) is 8.34. The predicted molar refractivity (Wildman–Crippen MR) is 133 cm³/mol. The monoisotopic (exact) mass is 463 g/mol. The average Bonchev–Trinajstić information content (AvgIpc) is 3.22. The van der Waals surface area contributed by atoms with Crippen molar-refractivity contribution in [2.24, 2.45) is 0 Å². The predicted octanol–water partition coefficient (Wildman–Crippen LogP) is 6.79. The Bertz CT molecular complexity index is 1280. The molecule has 0 saturated heterocycles. The zero-order chi connectivity index (χ0) is 22.7. The summed E-state index contributed by atoms with van der Waals surface area (Å²) in [6.45, 7) is 4.38. The zero-order valence-corrected chi connectivity index (χ0v) is 19.3. The van der Waals surface area contributed by atoms with Crippen molar-refractivity contribution in [2.45, 2.75) is 26.2 Å². The molecule has 1 aromatic heterocycles. The van der Waals surface area contributed by atoms with E-state index in [-0.39, 0.29) is 11.0 Å². The molecule has 1 amide bonds. The molecule has 0 radical (unpaired) electrons. The summed E-state index contributed by atoms with van der Waals surface area (Å²) in [5.74, 6) is 0.669. The maximum Gasteiger partial charge on any atom is 0.258 e. The minimum absolute atomic E-state index is 0.183. The third kappa shape index (κ3) is 4.82. The SMILES string of the molecule is CC[C@H](C)c1ccc2oc(-c3ccc(NC(=S)NC(=O)c4ccccc4Cl)cc3)nc2c1. The summed E-state index contributed by atoms with van der Waals surface area (Å²) in [6, 6.07) is 20.4. The molecule has 0 aliphatic rings. The Kier molecular flexibility index (Phi) is 6.53. The van der Waals surface area contributed by atoms with Crippen molar-refractivity contribution < 1.29 is 9.21 Å². The topological polar surface area (TPSA) is 67.2 Å². The van der Waals surface area contributed by atoms with E-state index in [2.05, 4.69) is 41.6 Å². The van der Waals surface area contributed by atoms with Crippen molar-refractivity contribution >= 4 is 51.6 Å². The van der Waals surface area contributed by atoms with E-state index in [0.29, 0.717) is 22.4 Å². The first-order valence-electron chi connectivity index (χ1n) is 10.3. The molecular formula is C25H22ClN3O2S. The Morgan fingerprint density at radius 2 is 1.88 bits per heavy atom. The van der Waals surface area contributed by atoms with Crippen molar-refractivity contribution in [2.75, 3.05) is 5.32 Å². The molecule has 4 rings (SSSR count). The van der Waals surface area contributed by atoms with Crippen LogP contribution in [0.25, 0.3) is 22.6 Å². The molecule has 0 aliphatic heterocycles. The molecule has 0 fully saturated rings. The van der Waals surface area contributed by atoms with E-state index < -0.39 is 0 Å². The van der Waals surface area contributed by atoms with Crippen LogP contribution in [-0.2, 0) is 0 Å². The fraction of sp³-hybridized carbons (Fsp3) is 0.160. The van der Waals surface area contributed by atoms with Gasteiger partial charge in [-0.1, -0.05) is 43.6 Å². The van der Waals surface area contributed by atoms with Crippen LogP contribution in [0.5, 0.6) is 0 Å². The summed E-state index contributed by atoms with van der Waals surface area (Å²) in [5.41, 5.74) is 4.81. The van der Waals surface area contributed by atoms with Gasteiger partial charge in [-0.3, -0.25) is 10.1 Å². The maximum atomic E-state index is 12.3. The molecule has 0 spiro atoms. The standard InChI is InChI=1S/C25H22ClN3O2S/c1-3-15(2)17-10-13-22-21(14-17)28-24(31-22)16-8-11-18(12-9-16)27-25(32)29-23(30)19-6-4-5-7-20(19)26/h4-15H,3H2,1-2H3,(H2,27,29,30,32)/t15-/m0/s1. The van der Waals surface area contributed by atoms with E-state index in [1.54, 1.807) is 24.3 Å². The largest absolute Gasteiger partial charge is 0.436 e. The average molecular weight is 464 g/mol. The fourth-order valence-corrected chi connectivity index (χ4v) is 3.72. The number of carbonyl (C=O) groups is 1. The highest BCUT2D eigenvalue weighted by Crippen LogP contribution is 2.28. The molecule has 0 aliphatic carbocycles. The highest BCUT2D eigenvalue weighted by atomic mass is 35.5. The van der Waals surface area contributed by atoms with Gasteiger partial charge in [0.1, 0.15) is 5.52 Å². The van der Waals surface area contributed by atoms with Crippen LogP contribution in [0.15, 0.2) is 71.1 Å². The van der Waals surface area contributed by atoms with Crippen molar-refractivity contribution in [1.82, 2.24) is 10.3 Å². The van der Waals surface area contributed by atoms with Gasteiger partial charge in [-0.25, -0.2) is 4.98 Å². The molecule has 3 aromatic carbocycles. The number of fused-ring (bicyclic) bond motifs is 1. The lowest BCUT2D eigenvalue weighted by Gasteiger charge is -2.10. The molecule has 162 valence electrons. The van der Waals surface area contributed by atoms with Gasteiger partial charge in [0, 0.05) is 11.3 Å². The van der Waals surface area contributed by atoms with Gasteiger partial charge in [-0.05, 0) is 78.7 Å². The normalized spacial score (nSPS) is 11.8. The first-order valence-corrected chi connectivity index (χ1v) is 11.1. The number of nitrogens with one attached hydrogen (secondary N) is 2. The van der Waals surface area contributed by atoms with E-state index in [9.17, 15) is 4.79 Å². The number of hydrogen-bond acceptors (Lipinski definition) is 4. The van der Waals surface area contributed by atoms with Gasteiger partial charge in [-0.15, -0.1) is 0 Å². The molecule has 32 heavy (non-hydrogen) atoms. The van der Waals surface area contributed by atoms with Crippen molar-refractivity contribution in [3.63, 3.8) is 0 Å². The summed E-state index contributed by atoms with van der Waals surface area (Å²) in [5, 5.41) is 6.18. The number of amides is 1. The molecule has 5 nitrogen and oxygen atoms in total. The summed E-state index contributed by atoms with van der Waals surface area (Å²) in [6.07, 6.45) is 1.07. The second-order valence-electron chi connectivity index (χ2n) is 7.52. The van der Waals surface area contributed by atoms with Crippen LogP contribution in [0, 0.1) is 0 Å². The molecule has 7 heteroatoms. The third-order valence-corrected chi connectivity index (χ3v) is 5.86. The lowest BCUT2D eigenvalue weighted by molar-refractivity contribution is 0.0978. The number of aromatic nitrogens is 1. The number of benzene rings is 3. The molecule has 0 saturated carbocycles.